The van der Waals surface area contributed by atoms with Crippen LogP contribution in [0.1, 0.15) is 39.4 Å². The van der Waals surface area contributed by atoms with Crippen LogP contribution in [0.25, 0.3) is 0 Å². The summed E-state index contributed by atoms with van der Waals surface area (Å²) in [4.78, 5) is 14.5. The van der Waals surface area contributed by atoms with Gasteiger partial charge in [0.2, 0.25) is 0 Å². The first-order chi connectivity index (χ1) is 7.15. The number of Topliss-reactive ketones (excluding diaryl/α,β-unsaturated/α-hetero) is 1. The average Bonchev–Trinajstić information content (AvgIpc) is 2.65. The smallest absolute Gasteiger partial charge is 0.176 e. The molecule has 3 rings (SSSR count). The van der Waals surface area contributed by atoms with Crippen molar-refractivity contribution in [2.24, 2.45) is 17.8 Å². The van der Waals surface area contributed by atoms with Gasteiger partial charge in [0.25, 0.3) is 0 Å². The zero-order valence-corrected chi connectivity index (χ0v) is 10.1. The van der Waals surface area contributed by atoms with Crippen molar-refractivity contribution >= 4 is 17.1 Å². The van der Waals surface area contributed by atoms with Crippen molar-refractivity contribution in [3.8, 4) is 0 Å². The molecule has 0 N–H and O–H groups in total. The Hall–Kier alpha value is -0.630. The molecule has 2 unspecified atom stereocenters. The van der Waals surface area contributed by atoms with Crippen molar-refractivity contribution in [1.82, 2.24) is 0 Å². The lowest BCUT2D eigenvalue weighted by Gasteiger charge is -2.09. The highest BCUT2D eigenvalue weighted by Gasteiger charge is 2.48. The summed E-state index contributed by atoms with van der Waals surface area (Å²) in [7, 11) is 0. The minimum atomic E-state index is 0.352. The third kappa shape index (κ3) is 1.55. The van der Waals surface area contributed by atoms with Gasteiger partial charge in [-0.05, 0) is 56.6 Å². The van der Waals surface area contributed by atoms with Crippen LogP contribution in [-0.2, 0) is 0 Å². The Balaban J connectivity index is 1.81. The summed E-state index contributed by atoms with van der Waals surface area (Å²) >= 11 is 1.68. The van der Waals surface area contributed by atoms with Gasteiger partial charge in [-0.1, -0.05) is 0 Å². The van der Waals surface area contributed by atoms with Crippen LogP contribution in [0.5, 0.6) is 0 Å². The molecular formula is C13H16OS. The maximum atomic E-state index is 12.3. The maximum absolute atomic E-state index is 12.3. The van der Waals surface area contributed by atoms with Gasteiger partial charge in [-0.3, -0.25) is 4.79 Å². The monoisotopic (exact) mass is 220 g/mol. The van der Waals surface area contributed by atoms with Gasteiger partial charge < -0.3 is 0 Å². The Morgan fingerprint density at radius 1 is 1.27 bits per heavy atom. The second kappa shape index (κ2) is 3.18. The summed E-state index contributed by atoms with van der Waals surface area (Å²) in [5.41, 5.74) is 1.18. The highest BCUT2D eigenvalue weighted by molar-refractivity contribution is 7.14. The Labute approximate surface area is 94.5 Å². The summed E-state index contributed by atoms with van der Waals surface area (Å²) in [6.07, 6.45) is 3.73. The standard InChI is InChI=1S/C13H16OS/c1-7-3-8(2)15-13(7)12(14)11-5-9-4-10(9)6-11/h3,9-11H,4-6H2,1-2H3. The Kier molecular flexibility index (Phi) is 2.03. The van der Waals surface area contributed by atoms with Crippen LogP contribution in [0, 0.1) is 31.6 Å². The van der Waals surface area contributed by atoms with Gasteiger partial charge in [0.1, 0.15) is 0 Å². The molecule has 2 saturated carbocycles. The van der Waals surface area contributed by atoms with Gasteiger partial charge in [0.05, 0.1) is 4.88 Å². The highest BCUT2D eigenvalue weighted by atomic mass is 32.1. The lowest BCUT2D eigenvalue weighted by Crippen LogP contribution is -2.12. The molecular weight excluding hydrogens is 204 g/mol. The van der Waals surface area contributed by atoms with E-state index < -0.39 is 0 Å². The summed E-state index contributed by atoms with van der Waals surface area (Å²) in [5, 5.41) is 0. The highest BCUT2D eigenvalue weighted by Crippen LogP contribution is 2.55. The summed E-state index contributed by atoms with van der Waals surface area (Å²) in [6.45, 7) is 4.15. The Morgan fingerprint density at radius 3 is 2.47 bits per heavy atom. The fourth-order valence-electron chi connectivity index (χ4n) is 3.00. The van der Waals surface area contributed by atoms with E-state index >= 15 is 0 Å². The molecule has 15 heavy (non-hydrogen) atoms. The van der Waals surface area contributed by atoms with Gasteiger partial charge in [-0.15, -0.1) is 11.3 Å². The number of fused-ring (bicyclic) bond motifs is 1. The molecule has 0 amide bonds. The average molecular weight is 220 g/mol. The van der Waals surface area contributed by atoms with E-state index in [0.29, 0.717) is 11.7 Å². The van der Waals surface area contributed by atoms with Crippen molar-refractivity contribution in [2.45, 2.75) is 33.1 Å². The summed E-state index contributed by atoms with van der Waals surface area (Å²) < 4.78 is 0. The van der Waals surface area contributed by atoms with Gasteiger partial charge in [0.15, 0.2) is 5.78 Å². The number of carbonyl (C=O) groups is 1. The first kappa shape index (κ1) is 9.59. The lowest BCUT2D eigenvalue weighted by molar-refractivity contribution is 0.0918. The molecule has 2 aliphatic rings. The normalized spacial score (nSPS) is 32.8. The molecule has 1 nitrogen and oxygen atoms in total. The molecule has 0 aromatic carbocycles. The molecule has 1 aromatic rings. The zero-order chi connectivity index (χ0) is 10.6. The van der Waals surface area contributed by atoms with Crippen LogP contribution < -0.4 is 0 Å². The van der Waals surface area contributed by atoms with E-state index in [-0.39, 0.29) is 0 Å². The van der Waals surface area contributed by atoms with Crippen LogP contribution in [0.3, 0.4) is 0 Å². The van der Waals surface area contributed by atoms with E-state index in [2.05, 4.69) is 19.9 Å². The number of carbonyl (C=O) groups excluding carboxylic acids is 1. The fraction of sp³-hybridized carbons (Fsp3) is 0.615. The van der Waals surface area contributed by atoms with Crippen LogP contribution in [0.2, 0.25) is 0 Å². The molecule has 80 valence electrons. The fourth-order valence-corrected chi connectivity index (χ4v) is 4.05. The van der Waals surface area contributed by atoms with Crippen molar-refractivity contribution in [3.05, 3.63) is 21.4 Å². The summed E-state index contributed by atoms with van der Waals surface area (Å²) in [6, 6.07) is 2.13. The Morgan fingerprint density at radius 2 is 1.93 bits per heavy atom. The molecule has 1 aromatic heterocycles. The van der Waals surface area contributed by atoms with Crippen molar-refractivity contribution in [3.63, 3.8) is 0 Å². The summed E-state index contributed by atoms with van der Waals surface area (Å²) in [5.74, 6) is 2.59. The quantitative estimate of drug-likeness (QED) is 0.696. The van der Waals surface area contributed by atoms with Crippen LogP contribution in [0.4, 0.5) is 0 Å². The number of thiophene rings is 1. The van der Waals surface area contributed by atoms with Crippen LogP contribution >= 0.6 is 11.3 Å². The predicted octanol–water partition coefficient (Wildman–Crippen LogP) is 3.59. The topological polar surface area (TPSA) is 17.1 Å². The second-order valence-electron chi connectivity index (χ2n) is 5.16. The number of hydrogen-bond acceptors (Lipinski definition) is 2. The van der Waals surface area contributed by atoms with E-state index in [0.717, 1.165) is 16.7 Å². The molecule has 0 saturated heterocycles. The number of aryl methyl sites for hydroxylation is 2. The minimum Gasteiger partial charge on any atom is -0.293 e. The first-order valence-electron chi connectivity index (χ1n) is 5.76. The second-order valence-corrected chi connectivity index (χ2v) is 6.41. The molecule has 1 heterocycles. The maximum Gasteiger partial charge on any atom is 0.176 e. The van der Waals surface area contributed by atoms with Crippen LogP contribution in [-0.4, -0.2) is 5.78 Å². The predicted molar refractivity (Wildman–Crippen MR) is 62.4 cm³/mol. The molecule has 0 aliphatic heterocycles. The lowest BCUT2D eigenvalue weighted by atomic mass is 9.96. The molecule has 0 bridgehead atoms. The molecule has 0 radical (unpaired) electrons. The first-order valence-corrected chi connectivity index (χ1v) is 6.58. The van der Waals surface area contributed by atoms with Crippen molar-refractivity contribution < 1.29 is 4.79 Å². The minimum absolute atomic E-state index is 0.352. The van der Waals surface area contributed by atoms with E-state index in [9.17, 15) is 4.79 Å². The third-order valence-corrected chi connectivity index (χ3v) is 5.05. The van der Waals surface area contributed by atoms with Gasteiger partial charge in [-0.2, -0.15) is 0 Å². The zero-order valence-electron chi connectivity index (χ0n) is 9.25. The molecule has 2 heteroatoms. The molecule has 2 atom stereocenters. The van der Waals surface area contributed by atoms with E-state index in [1.807, 2.05) is 0 Å². The molecule has 0 spiro atoms. The molecule has 2 fully saturated rings. The Bertz CT molecular complexity index is 408. The van der Waals surface area contributed by atoms with Crippen molar-refractivity contribution in [2.75, 3.05) is 0 Å². The van der Waals surface area contributed by atoms with Crippen molar-refractivity contribution in [1.29, 1.82) is 0 Å². The van der Waals surface area contributed by atoms with E-state index in [1.165, 1.54) is 29.7 Å². The molecule has 2 aliphatic carbocycles. The van der Waals surface area contributed by atoms with E-state index in [4.69, 9.17) is 0 Å². The van der Waals surface area contributed by atoms with Gasteiger partial charge in [0, 0.05) is 10.8 Å². The number of rotatable bonds is 2. The largest absolute Gasteiger partial charge is 0.293 e. The van der Waals surface area contributed by atoms with Gasteiger partial charge in [-0.25, -0.2) is 0 Å². The SMILES string of the molecule is Cc1cc(C)c(C(=O)C2CC3CC3C2)s1. The van der Waals surface area contributed by atoms with Crippen LogP contribution in [0.15, 0.2) is 6.07 Å². The number of ketones is 1. The number of hydrogen-bond donors (Lipinski definition) is 0. The third-order valence-electron chi connectivity index (χ3n) is 3.88. The van der Waals surface area contributed by atoms with Gasteiger partial charge >= 0.3 is 0 Å². The van der Waals surface area contributed by atoms with E-state index in [1.54, 1.807) is 11.3 Å².